The van der Waals surface area contributed by atoms with Gasteiger partial charge in [-0.3, -0.25) is 0 Å². The number of carbonyl (C=O) groups excluding carboxylic acids is 1. The van der Waals surface area contributed by atoms with Gasteiger partial charge >= 0.3 is 5.97 Å². The van der Waals surface area contributed by atoms with Crippen LogP contribution in [0.1, 0.15) is 47.6 Å². The molecule has 4 N–H and O–H groups in total. The molecule has 230 valence electrons. The number of aromatic nitrogens is 4. The maximum absolute atomic E-state index is 12.3. The maximum atomic E-state index is 12.3. The molecular formula is C31H36N8O4S. The largest absolute Gasteiger partial charge is 0.451 e. The molecule has 13 heteroatoms. The van der Waals surface area contributed by atoms with Crippen LogP contribution in [0.3, 0.4) is 0 Å². The van der Waals surface area contributed by atoms with Crippen molar-refractivity contribution >= 4 is 36.1 Å². The first-order chi connectivity index (χ1) is 21.2. The lowest BCUT2D eigenvalue weighted by Crippen LogP contribution is -2.43. The summed E-state index contributed by atoms with van der Waals surface area (Å²) in [5.41, 5.74) is 2.45. The molecule has 6 rings (SSSR count). The third-order valence-corrected chi connectivity index (χ3v) is 8.37. The molecule has 2 aromatic heterocycles. The van der Waals surface area contributed by atoms with Crippen LogP contribution in [0.15, 0.2) is 59.1 Å². The average molecular weight is 617 g/mol. The van der Waals surface area contributed by atoms with Crippen LogP contribution >= 0.6 is 12.6 Å². The minimum atomic E-state index is -1.18. The predicted octanol–water partition coefficient (Wildman–Crippen LogP) is 3.70. The predicted molar refractivity (Wildman–Crippen MR) is 169 cm³/mol. The highest BCUT2D eigenvalue weighted by Gasteiger charge is 2.38. The van der Waals surface area contributed by atoms with E-state index in [0.717, 1.165) is 50.3 Å². The highest BCUT2D eigenvalue weighted by molar-refractivity contribution is 7.81. The second-order valence-corrected chi connectivity index (χ2v) is 12.2. The number of anilines is 3. The Labute approximate surface area is 261 Å². The van der Waals surface area contributed by atoms with Crippen molar-refractivity contribution in [2.24, 2.45) is 0 Å². The molecule has 1 atom stereocenters. The summed E-state index contributed by atoms with van der Waals surface area (Å²) in [4.78, 5) is 22.8. The molecule has 1 saturated heterocycles. The number of hydrogen-bond acceptors (Lipinski definition) is 13. The van der Waals surface area contributed by atoms with Gasteiger partial charge in [0.05, 0.1) is 17.7 Å². The van der Waals surface area contributed by atoms with E-state index in [1.54, 1.807) is 18.3 Å². The zero-order valence-corrected chi connectivity index (χ0v) is 25.6. The highest BCUT2D eigenvalue weighted by Crippen LogP contribution is 2.38. The second kappa shape index (κ2) is 12.5. The summed E-state index contributed by atoms with van der Waals surface area (Å²) in [6.07, 6.45) is 3.15. The van der Waals surface area contributed by atoms with E-state index in [-0.39, 0.29) is 24.4 Å². The first-order valence-electron chi connectivity index (χ1n) is 14.7. The number of thiol groups is 1. The number of fused-ring (bicyclic) bond motifs is 1. The fourth-order valence-corrected chi connectivity index (χ4v) is 5.68. The van der Waals surface area contributed by atoms with Gasteiger partial charge in [-0.2, -0.15) is 4.98 Å². The number of aryl methyl sites for hydroxylation is 1. The number of rotatable bonds is 11. The number of cyclic esters (lactones) is 1. The van der Waals surface area contributed by atoms with Crippen molar-refractivity contribution in [1.82, 2.24) is 30.4 Å². The van der Waals surface area contributed by atoms with Gasteiger partial charge in [0.15, 0.2) is 0 Å². The van der Waals surface area contributed by atoms with Crippen molar-refractivity contribution in [2.45, 2.75) is 37.2 Å². The molecule has 12 nitrogen and oxygen atoms in total. The van der Waals surface area contributed by atoms with Crippen LogP contribution in [0.2, 0.25) is 0 Å². The topological polar surface area (TPSA) is 151 Å². The van der Waals surface area contributed by atoms with E-state index in [0.29, 0.717) is 34.9 Å². The smallest absolute Gasteiger partial charge is 0.339 e. The van der Waals surface area contributed by atoms with Gasteiger partial charge in [-0.05, 0) is 50.6 Å². The SMILES string of the molecule is CC1(C)OC(=O)c2ccc(Nc3ncc(-c4nnc(CCCN5CCNCC5)o4)c(N[C@@](S)(CO)c4ccccc4)n3)cc21. The number of esters is 1. The zero-order chi connectivity index (χ0) is 30.7. The number of nitrogens with one attached hydrogen (secondary N) is 3. The first-order valence-corrected chi connectivity index (χ1v) is 15.1. The van der Waals surface area contributed by atoms with Crippen molar-refractivity contribution in [3.63, 3.8) is 0 Å². The van der Waals surface area contributed by atoms with Gasteiger partial charge in [0.1, 0.15) is 16.3 Å². The first kappa shape index (κ1) is 30.0. The standard InChI is InChI=1S/C31H36N8O4S/c1-30(2)24-17-21(10-11-22(24)28(41)43-30)34-29-33-18-23(26(35-29)36-31(44,19-40)20-7-4-3-5-8-20)27-38-37-25(42-27)9-6-14-39-15-12-32-13-16-39/h3-5,7-8,10-11,17-18,32,40,44H,6,9,12-16,19H2,1-2H3,(H2,33,34,35,36)/t31-/m1/s1. The number of aliphatic hydroxyl groups excluding tert-OH is 1. The van der Waals surface area contributed by atoms with E-state index < -0.39 is 10.5 Å². The molecule has 44 heavy (non-hydrogen) atoms. The van der Waals surface area contributed by atoms with Gasteiger partial charge in [0, 0.05) is 50.0 Å². The van der Waals surface area contributed by atoms with E-state index in [2.05, 4.69) is 36.0 Å². The molecule has 0 spiro atoms. The minimum Gasteiger partial charge on any atom is -0.451 e. The summed E-state index contributed by atoms with van der Waals surface area (Å²) in [5, 5.41) is 28.9. The van der Waals surface area contributed by atoms with E-state index in [1.165, 1.54) is 0 Å². The quantitative estimate of drug-likeness (QED) is 0.0950. The fraction of sp³-hybridized carbons (Fsp3) is 0.387. The Hall–Kier alpha value is -4.04. The summed E-state index contributed by atoms with van der Waals surface area (Å²) >= 11 is 4.82. The molecule has 1 fully saturated rings. The Kier molecular flexibility index (Phi) is 8.54. The Bertz CT molecular complexity index is 1630. The lowest BCUT2D eigenvalue weighted by molar-refractivity contribution is 0.00954. The second-order valence-electron chi connectivity index (χ2n) is 11.4. The van der Waals surface area contributed by atoms with Crippen molar-refractivity contribution in [1.29, 1.82) is 0 Å². The molecule has 2 aromatic carbocycles. The van der Waals surface area contributed by atoms with Gasteiger partial charge < -0.3 is 35.1 Å². The van der Waals surface area contributed by atoms with Crippen LogP contribution in [-0.4, -0.2) is 75.5 Å². The number of ether oxygens (including phenoxy) is 1. The van der Waals surface area contributed by atoms with Crippen LogP contribution in [0.5, 0.6) is 0 Å². The van der Waals surface area contributed by atoms with Crippen LogP contribution in [0.25, 0.3) is 11.5 Å². The normalized spacial score (nSPS) is 17.5. The molecule has 2 aliphatic heterocycles. The summed E-state index contributed by atoms with van der Waals surface area (Å²) in [6, 6.07) is 14.7. The van der Waals surface area contributed by atoms with E-state index >= 15 is 0 Å². The van der Waals surface area contributed by atoms with Crippen LogP contribution in [0, 0.1) is 0 Å². The lowest BCUT2D eigenvalue weighted by atomic mass is 9.95. The number of hydrogen-bond donors (Lipinski definition) is 5. The van der Waals surface area contributed by atoms with Crippen molar-refractivity contribution in [2.75, 3.05) is 50.0 Å². The molecule has 0 aliphatic carbocycles. The Morgan fingerprint density at radius 1 is 1.11 bits per heavy atom. The van der Waals surface area contributed by atoms with Gasteiger partial charge in [0.25, 0.3) is 5.89 Å². The third-order valence-electron chi connectivity index (χ3n) is 7.86. The Balaban J connectivity index is 1.28. The van der Waals surface area contributed by atoms with Gasteiger partial charge in [-0.15, -0.1) is 22.8 Å². The van der Waals surface area contributed by atoms with Gasteiger partial charge in [-0.25, -0.2) is 9.78 Å². The average Bonchev–Trinajstić information content (AvgIpc) is 3.59. The summed E-state index contributed by atoms with van der Waals surface area (Å²) in [5.74, 6) is 1.06. The number of aliphatic hydroxyl groups is 1. The van der Waals surface area contributed by atoms with E-state index in [9.17, 15) is 9.90 Å². The van der Waals surface area contributed by atoms with E-state index in [4.69, 9.17) is 26.8 Å². The van der Waals surface area contributed by atoms with Crippen molar-refractivity contribution in [3.05, 3.63) is 77.3 Å². The third kappa shape index (κ3) is 6.41. The van der Waals surface area contributed by atoms with Crippen LogP contribution in [0.4, 0.5) is 17.5 Å². The van der Waals surface area contributed by atoms with Crippen molar-refractivity contribution in [3.8, 4) is 11.5 Å². The number of piperazine rings is 1. The molecule has 0 amide bonds. The van der Waals surface area contributed by atoms with Crippen LogP contribution < -0.4 is 16.0 Å². The zero-order valence-electron chi connectivity index (χ0n) is 24.7. The van der Waals surface area contributed by atoms with Crippen molar-refractivity contribution < 1.29 is 19.1 Å². The number of carbonyl (C=O) groups is 1. The molecule has 0 radical (unpaired) electrons. The minimum absolute atomic E-state index is 0.257. The maximum Gasteiger partial charge on any atom is 0.339 e. The lowest BCUT2D eigenvalue weighted by Gasteiger charge is -2.29. The molecule has 2 aliphatic rings. The Morgan fingerprint density at radius 2 is 1.91 bits per heavy atom. The van der Waals surface area contributed by atoms with Gasteiger partial charge in [0.2, 0.25) is 11.8 Å². The molecule has 0 saturated carbocycles. The summed E-state index contributed by atoms with van der Waals surface area (Å²) in [6.45, 7) is 8.42. The van der Waals surface area contributed by atoms with E-state index in [1.807, 2.05) is 50.2 Å². The summed E-state index contributed by atoms with van der Waals surface area (Å²) < 4.78 is 11.6. The number of benzene rings is 2. The molecule has 4 heterocycles. The fourth-order valence-electron chi connectivity index (χ4n) is 5.43. The van der Waals surface area contributed by atoms with Crippen LogP contribution in [-0.2, 0) is 21.6 Å². The van der Waals surface area contributed by atoms with Gasteiger partial charge in [-0.1, -0.05) is 30.3 Å². The Morgan fingerprint density at radius 3 is 2.68 bits per heavy atom. The molecule has 4 aromatic rings. The summed E-state index contributed by atoms with van der Waals surface area (Å²) in [7, 11) is 0. The highest BCUT2D eigenvalue weighted by atomic mass is 32.1. The molecular weight excluding hydrogens is 580 g/mol. The number of nitrogens with zero attached hydrogens (tertiary/aromatic N) is 5. The molecule has 0 unspecified atom stereocenters. The molecule has 0 bridgehead atoms. The monoisotopic (exact) mass is 616 g/mol.